The van der Waals surface area contributed by atoms with Crippen LogP contribution in [0.5, 0.6) is 0 Å². The van der Waals surface area contributed by atoms with E-state index in [-0.39, 0.29) is 18.2 Å². The molecule has 0 radical (unpaired) electrons. The Morgan fingerprint density at radius 2 is 1.90 bits per heavy atom. The van der Waals surface area contributed by atoms with Gasteiger partial charge in [-0.1, -0.05) is 6.42 Å². The maximum absolute atomic E-state index is 12.8. The fourth-order valence-electron chi connectivity index (χ4n) is 3.00. The first-order chi connectivity index (χ1) is 9.29. The van der Waals surface area contributed by atoms with Crippen molar-refractivity contribution in [2.24, 2.45) is 0 Å². The number of piperidine rings is 1. The summed E-state index contributed by atoms with van der Waals surface area (Å²) >= 11 is 0. The molecule has 1 unspecified atom stereocenters. The van der Waals surface area contributed by atoms with Crippen molar-refractivity contribution < 1.29 is 13.5 Å². The van der Waals surface area contributed by atoms with Gasteiger partial charge in [0.15, 0.2) is 0 Å². The van der Waals surface area contributed by atoms with Crippen molar-refractivity contribution in [2.45, 2.75) is 44.7 Å². The number of likely N-dealkylation sites (N-methyl/N-ethyl adjacent to an activating group) is 1. The predicted molar refractivity (Wildman–Crippen MR) is 78.6 cm³/mol. The number of aliphatic hydroxyl groups is 1. The standard InChI is InChI=1S/C13H27N3O3S/c1-13(2)11-15(9-8-14(13)3)20(18,19)16-7-5-4-6-12(16)10-17/h12,17H,4-11H2,1-3H3. The Bertz CT molecular complexity index is 438. The van der Waals surface area contributed by atoms with E-state index in [4.69, 9.17) is 0 Å². The Morgan fingerprint density at radius 1 is 1.20 bits per heavy atom. The Kier molecular flexibility index (Phi) is 4.76. The largest absolute Gasteiger partial charge is 0.395 e. The second kappa shape index (κ2) is 5.88. The van der Waals surface area contributed by atoms with E-state index < -0.39 is 10.2 Å². The zero-order valence-electron chi connectivity index (χ0n) is 12.7. The minimum atomic E-state index is -3.46. The van der Waals surface area contributed by atoms with Crippen LogP contribution in [-0.2, 0) is 10.2 Å². The van der Waals surface area contributed by atoms with Crippen LogP contribution in [0.4, 0.5) is 0 Å². The van der Waals surface area contributed by atoms with E-state index in [1.165, 1.54) is 4.31 Å². The van der Waals surface area contributed by atoms with Crippen LogP contribution >= 0.6 is 0 Å². The first-order valence-electron chi connectivity index (χ1n) is 7.38. The molecule has 0 aromatic rings. The summed E-state index contributed by atoms with van der Waals surface area (Å²) in [4.78, 5) is 2.19. The number of hydrogen-bond acceptors (Lipinski definition) is 4. The van der Waals surface area contributed by atoms with Crippen LogP contribution in [0.2, 0.25) is 0 Å². The van der Waals surface area contributed by atoms with E-state index in [1.54, 1.807) is 4.31 Å². The van der Waals surface area contributed by atoms with Crippen molar-refractivity contribution in [3.63, 3.8) is 0 Å². The van der Waals surface area contributed by atoms with Gasteiger partial charge in [-0.15, -0.1) is 0 Å². The van der Waals surface area contributed by atoms with E-state index in [0.29, 0.717) is 19.6 Å². The number of piperazine rings is 1. The van der Waals surface area contributed by atoms with Gasteiger partial charge in [0.05, 0.1) is 6.61 Å². The number of aliphatic hydroxyl groups excluding tert-OH is 1. The molecule has 0 aromatic carbocycles. The van der Waals surface area contributed by atoms with E-state index >= 15 is 0 Å². The molecule has 118 valence electrons. The maximum atomic E-state index is 12.8. The van der Waals surface area contributed by atoms with Crippen molar-refractivity contribution in [3.05, 3.63) is 0 Å². The quantitative estimate of drug-likeness (QED) is 0.803. The van der Waals surface area contributed by atoms with Gasteiger partial charge in [0.25, 0.3) is 10.2 Å². The smallest absolute Gasteiger partial charge is 0.282 e. The number of nitrogens with zero attached hydrogens (tertiary/aromatic N) is 3. The average molecular weight is 305 g/mol. The Labute approximate surface area is 122 Å². The average Bonchev–Trinajstić information content (AvgIpc) is 2.41. The molecule has 1 atom stereocenters. The summed E-state index contributed by atoms with van der Waals surface area (Å²) < 4.78 is 28.7. The first-order valence-corrected chi connectivity index (χ1v) is 8.78. The van der Waals surface area contributed by atoms with Gasteiger partial charge in [-0.25, -0.2) is 0 Å². The molecule has 20 heavy (non-hydrogen) atoms. The fourth-order valence-corrected chi connectivity index (χ4v) is 5.00. The summed E-state index contributed by atoms with van der Waals surface area (Å²) in [5, 5.41) is 9.44. The molecule has 1 N–H and O–H groups in total. The van der Waals surface area contributed by atoms with Crippen molar-refractivity contribution in [2.75, 3.05) is 39.8 Å². The minimum Gasteiger partial charge on any atom is -0.395 e. The van der Waals surface area contributed by atoms with Crippen LogP contribution in [0.3, 0.4) is 0 Å². The third kappa shape index (κ3) is 3.01. The van der Waals surface area contributed by atoms with Crippen molar-refractivity contribution in [1.29, 1.82) is 0 Å². The highest BCUT2D eigenvalue weighted by molar-refractivity contribution is 7.86. The van der Waals surface area contributed by atoms with E-state index in [1.807, 2.05) is 7.05 Å². The van der Waals surface area contributed by atoms with E-state index in [0.717, 1.165) is 25.8 Å². The van der Waals surface area contributed by atoms with Gasteiger partial charge in [0, 0.05) is 37.8 Å². The zero-order chi connectivity index (χ0) is 15.0. The first kappa shape index (κ1) is 16.2. The molecule has 2 fully saturated rings. The van der Waals surface area contributed by atoms with Gasteiger partial charge in [-0.3, -0.25) is 4.90 Å². The molecule has 0 saturated carbocycles. The number of rotatable bonds is 3. The summed E-state index contributed by atoms with van der Waals surface area (Å²) in [7, 11) is -1.43. The Balaban J connectivity index is 2.17. The van der Waals surface area contributed by atoms with Crippen LogP contribution < -0.4 is 0 Å². The summed E-state index contributed by atoms with van der Waals surface area (Å²) in [6.07, 6.45) is 2.63. The topological polar surface area (TPSA) is 64.1 Å². The molecular formula is C13H27N3O3S. The lowest BCUT2D eigenvalue weighted by atomic mass is 10.0. The van der Waals surface area contributed by atoms with E-state index in [2.05, 4.69) is 18.7 Å². The second-order valence-electron chi connectivity index (χ2n) is 6.52. The molecule has 2 heterocycles. The molecule has 0 bridgehead atoms. The highest BCUT2D eigenvalue weighted by atomic mass is 32.2. The van der Waals surface area contributed by atoms with Crippen molar-refractivity contribution >= 4 is 10.2 Å². The van der Waals surface area contributed by atoms with Crippen LogP contribution in [0, 0.1) is 0 Å². The molecule has 0 aromatic heterocycles. The molecule has 6 nitrogen and oxygen atoms in total. The molecule has 2 aliphatic heterocycles. The van der Waals surface area contributed by atoms with Crippen LogP contribution in [0.25, 0.3) is 0 Å². The second-order valence-corrected chi connectivity index (χ2v) is 8.40. The van der Waals surface area contributed by atoms with Gasteiger partial charge in [-0.05, 0) is 33.7 Å². The summed E-state index contributed by atoms with van der Waals surface area (Å²) in [5.41, 5.74) is -0.157. The predicted octanol–water partition coefficient (Wildman–Crippen LogP) is 0.104. The highest BCUT2D eigenvalue weighted by Crippen LogP contribution is 2.26. The highest BCUT2D eigenvalue weighted by Gasteiger charge is 2.41. The molecule has 0 spiro atoms. The minimum absolute atomic E-state index is 0.0869. The lowest BCUT2D eigenvalue weighted by molar-refractivity contribution is 0.0717. The summed E-state index contributed by atoms with van der Waals surface area (Å²) in [6, 6.07) is -0.253. The molecule has 7 heteroatoms. The van der Waals surface area contributed by atoms with Gasteiger partial charge < -0.3 is 5.11 Å². The summed E-state index contributed by atoms with van der Waals surface area (Å²) in [5.74, 6) is 0. The van der Waals surface area contributed by atoms with Crippen molar-refractivity contribution in [1.82, 2.24) is 13.5 Å². The molecule has 2 rings (SSSR count). The van der Waals surface area contributed by atoms with Gasteiger partial charge in [0.1, 0.15) is 0 Å². The monoisotopic (exact) mass is 305 g/mol. The van der Waals surface area contributed by atoms with Crippen LogP contribution in [-0.4, -0.2) is 78.4 Å². The van der Waals surface area contributed by atoms with Crippen LogP contribution in [0.15, 0.2) is 0 Å². The third-order valence-electron chi connectivity index (χ3n) is 4.69. The molecule has 2 saturated heterocycles. The van der Waals surface area contributed by atoms with Gasteiger partial charge in [-0.2, -0.15) is 17.0 Å². The molecule has 0 amide bonds. The maximum Gasteiger partial charge on any atom is 0.282 e. The number of hydrogen-bond donors (Lipinski definition) is 1. The van der Waals surface area contributed by atoms with Gasteiger partial charge in [0.2, 0.25) is 0 Å². The molecule has 0 aliphatic carbocycles. The SMILES string of the molecule is CN1CCN(S(=O)(=O)N2CCCCC2CO)CC1(C)C. The lowest BCUT2D eigenvalue weighted by Crippen LogP contribution is -2.62. The van der Waals surface area contributed by atoms with Gasteiger partial charge >= 0.3 is 0 Å². The van der Waals surface area contributed by atoms with E-state index in [9.17, 15) is 13.5 Å². The molecule has 2 aliphatic rings. The normalized spacial score (nSPS) is 30.5. The summed E-state index contributed by atoms with van der Waals surface area (Å²) in [6.45, 7) is 6.33. The third-order valence-corrected chi connectivity index (χ3v) is 6.73. The van der Waals surface area contributed by atoms with Crippen molar-refractivity contribution in [3.8, 4) is 0 Å². The Morgan fingerprint density at radius 3 is 2.50 bits per heavy atom. The Hall–Kier alpha value is -0.210. The lowest BCUT2D eigenvalue weighted by Gasteiger charge is -2.46. The van der Waals surface area contributed by atoms with Crippen LogP contribution in [0.1, 0.15) is 33.1 Å². The zero-order valence-corrected chi connectivity index (χ0v) is 13.6. The fraction of sp³-hybridized carbons (Fsp3) is 1.00. The molecular weight excluding hydrogens is 278 g/mol.